The highest BCUT2D eigenvalue weighted by Gasteiger charge is 2.29. The molecule has 3 rings (SSSR count). The number of carbonyl (C=O) groups is 1. The Bertz CT molecular complexity index is 720. The van der Waals surface area contributed by atoms with Crippen LogP contribution in [0.5, 0.6) is 0 Å². The van der Waals surface area contributed by atoms with E-state index in [0.29, 0.717) is 17.5 Å². The molecule has 0 aromatic rings. The zero-order valence-electron chi connectivity index (χ0n) is 16.7. The highest BCUT2D eigenvalue weighted by Crippen LogP contribution is 2.37. The van der Waals surface area contributed by atoms with E-state index in [-0.39, 0.29) is 17.5 Å². The van der Waals surface area contributed by atoms with Gasteiger partial charge in [-0.1, -0.05) is 37.6 Å². The number of allylic oxidation sites excluding steroid dienone is 2. The van der Waals surface area contributed by atoms with Gasteiger partial charge in [0.25, 0.3) is 5.91 Å². The molecule has 2 atom stereocenters. The van der Waals surface area contributed by atoms with Gasteiger partial charge in [-0.3, -0.25) is 15.1 Å². The predicted molar refractivity (Wildman–Crippen MR) is 116 cm³/mol. The summed E-state index contributed by atoms with van der Waals surface area (Å²) in [5.41, 5.74) is 1.84. The lowest BCUT2D eigenvalue weighted by Crippen LogP contribution is -2.43. The number of nitrogens with one attached hydrogen (secondary N) is 3. The second kappa shape index (κ2) is 9.98. The third-order valence-corrected chi connectivity index (χ3v) is 6.25. The van der Waals surface area contributed by atoms with Gasteiger partial charge in [0.2, 0.25) is 0 Å². The van der Waals surface area contributed by atoms with Gasteiger partial charge in [0.05, 0.1) is 0 Å². The third kappa shape index (κ3) is 5.75. The summed E-state index contributed by atoms with van der Waals surface area (Å²) in [6.07, 6.45) is 14.8. The smallest absolute Gasteiger partial charge is 0.265 e. The first-order valence-electron chi connectivity index (χ1n) is 9.94. The molecule has 0 aromatic carbocycles. The maximum Gasteiger partial charge on any atom is 0.265 e. The molecule has 3 aliphatic rings. The van der Waals surface area contributed by atoms with Gasteiger partial charge in [0.1, 0.15) is 23.1 Å². The van der Waals surface area contributed by atoms with Crippen LogP contribution < -0.4 is 16.0 Å². The summed E-state index contributed by atoms with van der Waals surface area (Å²) in [5.74, 6) is 0.327. The summed E-state index contributed by atoms with van der Waals surface area (Å²) < 4.78 is 5.92. The van der Waals surface area contributed by atoms with Crippen LogP contribution in [-0.4, -0.2) is 36.3 Å². The number of thioether (sulfide) groups is 1. The number of carbonyl (C=O) groups excluding carboxylic acids is 1. The fourth-order valence-electron chi connectivity index (χ4n) is 3.56. The van der Waals surface area contributed by atoms with Gasteiger partial charge < -0.3 is 15.4 Å². The molecule has 3 N–H and O–H groups in total. The van der Waals surface area contributed by atoms with Crippen molar-refractivity contribution in [2.24, 2.45) is 4.99 Å². The van der Waals surface area contributed by atoms with Crippen molar-refractivity contribution in [2.75, 3.05) is 7.05 Å². The van der Waals surface area contributed by atoms with Crippen LogP contribution in [0.15, 0.2) is 52.4 Å². The molecule has 0 radical (unpaired) electrons. The molecule has 1 fully saturated rings. The van der Waals surface area contributed by atoms with Gasteiger partial charge in [-0.2, -0.15) is 0 Å². The van der Waals surface area contributed by atoms with Crippen LogP contribution in [0.4, 0.5) is 0 Å². The van der Waals surface area contributed by atoms with E-state index in [0.717, 1.165) is 6.42 Å². The highest BCUT2D eigenvalue weighted by atomic mass is 32.2. The molecule has 0 aromatic heterocycles. The summed E-state index contributed by atoms with van der Waals surface area (Å²) >= 11 is 1.86. The van der Waals surface area contributed by atoms with E-state index in [9.17, 15) is 4.79 Å². The maximum atomic E-state index is 11.4. The Morgan fingerprint density at radius 1 is 1.39 bits per heavy atom. The standard InChI is InChI=1S/C21H30N4O2S/c1-14(11-12-23-15(2)20(26)22-3)27-17-9-10-18-19(13-17)28-21(25-18)24-16-7-5-4-6-8-16/h9-12,16-17,21,24-25H,1,4-8,13H2,2-3H3,(H,22,26)/b12-11-,23-15+. The molecule has 0 spiro atoms. The third-order valence-electron chi connectivity index (χ3n) is 5.09. The monoisotopic (exact) mass is 402 g/mol. The molecule has 28 heavy (non-hydrogen) atoms. The van der Waals surface area contributed by atoms with Crippen LogP contribution in [0, 0.1) is 0 Å². The molecule has 2 aliphatic carbocycles. The largest absolute Gasteiger partial charge is 0.487 e. The van der Waals surface area contributed by atoms with Crippen molar-refractivity contribution in [3.05, 3.63) is 47.4 Å². The van der Waals surface area contributed by atoms with E-state index >= 15 is 0 Å². The number of ether oxygens (including phenoxy) is 1. The Morgan fingerprint density at radius 2 is 2.18 bits per heavy atom. The van der Waals surface area contributed by atoms with Gasteiger partial charge in [-0.25, -0.2) is 0 Å². The average Bonchev–Trinajstić information content (AvgIpc) is 3.09. The van der Waals surface area contributed by atoms with Crippen molar-refractivity contribution in [1.82, 2.24) is 16.0 Å². The van der Waals surface area contributed by atoms with Gasteiger partial charge >= 0.3 is 0 Å². The van der Waals surface area contributed by atoms with E-state index < -0.39 is 0 Å². The van der Waals surface area contributed by atoms with Crippen LogP contribution in [0.1, 0.15) is 45.4 Å². The minimum atomic E-state index is -0.201. The first-order chi connectivity index (χ1) is 13.5. The quantitative estimate of drug-likeness (QED) is 0.346. The van der Waals surface area contributed by atoms with Crippen molar-refractivity contribution in [1.29, 1.82) is 0 Å². The zero-order valence-corrected chi connectivity index (χ0v) is 17.5. The molecule has 0 saturated heterocycles. The number of aliphatic imine (C=N–C) groups is 1. The lowest BCUT2D eigenvalue weighted by Gasteiger charge is -2.26. The van der Waals surface area contributed by atoms with Gasteiger partial charge in [0, 0.05) is 36.3 Å². The summed E-state index contributed by atoms with van der Waals surface area (Å²) in [6.45, 7) is 5.58. The second-order valence-corrected chi connectivity index (χ2v) is 8.48. The van der Waals surface area contributed by atoms with Crippen LogP contribution in [0.2, 0.25) is 0 Å². The molecule has 1 saturated carbocycles. The van der Waals surface area contributed by atoms with Crippen LogP contribution in [-0.2, 0) is 9.53 Å². The van der Waals surface area contributed by atoms with Crippen LogP contribution in [0.3, 0.4) is 0 Å². The van der Waals surface area contributed by atoms with Gasteiger partial charge in [0.15, 0.2) is 0 Å². The molecule has 2 unspecified atom stereocenters. The number of hydrogen-bond acceptors (Lipinski definition) is 6. The van der Waals surface area contributed by atoms with Crippen molar-refractivity contribution in [2.45, 2.75) is 63.1 Å². The summed E-state index contributed by atoms with van der Waals surface area (Å²) in [5, 5.41) is 9.85. The molecule has 1 aliphatic heterocycles. The first kappa shape index (κ1) is 20.7. The topological polar surface area (TPSA) is 74.8 Å². The van der Waals surface area contributed by atoms with E-state index in [4.69, 9.17) is 4.74 Å². The minimum absolute atomic E-state index is 0.0392. The fourth-order valence-corrected chi connectivity index (χ4v) is 4.80. The maximum absolute atomic E-state index is 11.4. The Balaban J connectivity index is 1.44. The lowest BCUT2D eigenvalue weighted by atomic mass is 9.96. The van der Waals surface area contributed by atoms with Crippen molar-refractivity contribution >= 4 is 23.4 Å². The number of amides is 1. The molecular formula is C21H30N4O2S. The molecular weight excluding hydrogens is 372 g/mol. The van der Waals surface area contributed by atoms with Crippen molar-refractivity contribution < 1.29 is 9.53 Å². The summed E-state index contributed by atoms with van der Waals surface area (Å²) in [6, 6.07) is 0.625. The minimum Gasteiger partial charge on any atom is -0.487 e. The Hall–Kier alpha value is -1.99. The van der Waals surface area contributed by atoms with E-state index in [1.807, 2.05) is 11.8 Å². The van der Waals surface area contributed by atoms with Crippen molar-refractivity contribution in [3.63, 3.8) is 0 Å². The van der Waals surface area contributed by atoms with Gasteiger partial charge in [-0.15, -0.1) is 0 Å². The number of hydrogen-bond donors (Lipinski definition) is 3. The van der Waals surface area contributed by atoms with E-state index in [1.54, 1.807) is 26.2 Å². The van der Waals surface area contributed by atoms with Crippen molar-refractivity contribution in [3.8, 4) is 0 Å². The Morgan fingerprint density at radius 3 is 2.93 bits per heavy atom. The number of rotatable bonds is 7. The second-order valence-electron chi connectivity index (χ2n) is 7.28. The number of nitrogens with zero attached hydrogens (tertiary/aromatic N) is 1. The molecule has 1 heterocycles. The fraction of sp³-hybridized carbons (Fsp3) is 0.524. The average molecular weight is 403 g/mol. The molecule has 1 amide bonds. The molecule has 7 heteroatoms. The summed E-state index contributed by atoms with van der Waals surface area (Å²) in [7, 11) is 1.58. The van der Waals surface area contributed by atoms with E-state index in [2.05, 4.69) is 39.7 Å². The molecule has 152 valence electrons. The normalized spacial score (nSPS) is 25.6. The Kier molecular flexibility index (Phi) is 7.39. The van der Waals surface area contributed by atoms with Crippen LogP contribution in [0.25, 0.3) is 0 Å². The zero-order chi connectivity index (χ0) is 19.9. The SMILES string of the molecule is C=C(/C=C\N=C(/C)C(=O)NC)OC1C=CC2=C(C1)SC(NC1CCCCC1)N2. The van der Waals surface area contributed by atoms with Crippen LogP contribution >= 0.6 is 11.8 Å². The molecule has 6 nitrogen and oxygen atoms in total. The lowest BCUT2D eigenvalue weighted by molar-refractivity contribution is -0.114. The highest BCUT2D eigenvalue weighted by molar-refractivity contribution is 8.03. The molecule has 0 bridgehead atoms. The first-order valence-corrected chi connectivity index (χ1v) is 10.8. The Labute approximate surface area is 171 Å². The van der Waals surface area contributed by atoms with E-state index in [1.165, 1.54) is 42.7 Å². The van der Waals surface area contributed by atoms with Gasteiger partial charge in [-0.05, 0) is 38.0 Å². The summed E-state index contributed by atoms with van der Waals surface area (Å²) in [4.78, 5) is 16.8. The predicted octanol–water partition coefficient (Wildman–Crippen LogP) is 3.32.